The molecule has 0 aliphatic heterocycles. The van der Waals surface area contributed by atoms with E-state index in [4.69, 9.17) is 6.92 Å². The van der Waals surface area contributed by atoms with E-state index in [2.05, 4.69) is 19.2 Å². The molecule has 3 nitrogen and oxygen atoms in total. The number of phenols is 1. The first-order valence-corrected chi connectivity index (χ1v) is 6.41. The Labute approximate surface area is 110 Å². The van der Waals surface area contributed by atoms with Crippen LogP contribution in [0.15, 0.2) is 24.3 Å². The van der Waals surface area contributed by atoms with Gasteiger partial charge in [0.25, 0.3) is 0 Å². The number of hydrogen-bond donors (Lipinski definition) is 3. The van der Waals surface area contributed by atoms with Crippen molar-refractivity contribution in [3.8, 4) is 5.75 Å². The van der Waals surface area contributed by atoms with Gasteiger partial charge in [-0.15, -0.1) is 0 Å². The fraction of sp³-hybridized carbons (Fsp3) is 0.533. The second-order valence-corrected chi connectivity index (χ2v) is 5.15. The molecule has 0 aliphatic carbocycles. The van der Waals surface area contributed by atoms with Gasteiger partial charge in [-0.1, -0.05) is 26.0 Å². The standard InChI is InChI=1S/C15H23NO2/c1-11(2)9-16-10-15(18)12(3)8-13-4-6-14(17)7-5-13/h3-7,11-12,15-18H,8-10H2,1-2H3/t12?,15-/m1/s1. The van der Waals surface area contributed by atoms with Crippen molar-refractivity contribution < 1.29 is 10.2 Å². The molecule has 3 heteroatoms. The van der Waals surface area contributed by atoms with Gasteiger partial charge in [0, 0.05) is 6.54 Å². The van der Waals surface area contributed by atoms with Crippen LogP contribution in [0.3, 0.4) is 0 Å². The number of aromatic hydroxyl groups is 1. The fourth-order valence-electron chi connectivity index (χ4n) is 1.71. The van der Waals surface area contributed by atoms with Crippen LogP contribution in [0.25, 0.3) is 0 Å². The molecule has 1 rings (SSSR count). The Morgan fingerprint density at radius 2 is 1.78 bits per heavy atom. The third-order valence-electron chi connectivity index (χ3n) is 2.81. The molecule has 0 heterocycles. The van der Waals surface area contributed by atoms with Gasteiger partial charge >= 0.3 is 0 Å². The third-order valence-corrected chi connectivity index (χ3v) is 2.81. The van der Waals surface area contributed by atoms with E-state index >= 15 is 0 Å². The summed E-state index contributed by atoms with van der Waals surface area (Å²) in [5.74, 6) is 0.506. The lowest BCUT2D eigenvalue weighted by atomic mass is 9.95. The Balaban J connectivity index is 2.35. The second kappa shape index (κ2) is 7.39. The molecule has 1 unspecified atom stereocenters. The number of aliphatic hydroxyl groups is 1. The summed E-state index contributed by atoms with van der Waals surface area (Å²) in [7, 11) is 0. The van der Waals surface area contributed by atoms with Crippen LogP contribution in [-0.4, -0.2) is 29.4 Å². The maximum absolute atomic E-state index is 9.91. The summed E-state index contributed by atoms with van der Waals surface area (Å²) in [6.07, 6.45) is 0.0442. The molecule has 100 valence electrons. The molecule has 0 spiro atoms. The Bertz CT molecular complexity index is 335. The number of hydrogen-bond acceptors (Lipinski definition) is 3. The lowest BCUT2D eigenvalue weighted by Crippen LogP contribution is -2.34. The predicted octanol–water partition coefficient (Wildman–Crippen LogP) is 1.87. The minimum absolute atomic E-state index is 0.242. The number of phenolic OH excluding ortho intramolecular Hbond substituents is 1. The zero-order valence-electron chi connectivity index (χ0n) is 11.1. The van der Waals surface area contributed by atoms with Gasteiger partial charge in [-0.25, -0.2) is 0 Å². The topological polar surface area (TPSA) is 52.5 Å². The van der Waals surface area contributed by atoms with Gasteiger partial charge in [0.2, 0.25) is 0 Å². The molecule has 0 fully saturated rings. The monoisotopic (exact) mass is 249 g/mol. The molecule has 2 radical (unpaired) electrons. The van der Waals surface area contributed by atoms with Gasteiger partial charge in [-0.3, -0.25) is 0 Å². The molecule has 0 saturated heterocycles. The summed E-state index contributed by atoms with van der Waals surface area (Å²) in [6, 6.07) is 6.91. The van der Waals surface area contributed by atoms with E-state index in [0.29, 0.717) is 18.9 Å². The van der Waals surface area contributed by atoms with Crippen LogP contribution < -0.4 is 5.32 Å². The van der Waals surface area contributed by atoms with Crippen molar-refractivity contribution in [1.29, 1.82) is 0 Å². The molecule has 1 aromatic rings. The van der Waals surface area contributed by atoms with Crippen LogP contribution in [0.1, 0.15) is 19.4 Å². The number of benzene rings is 1. The van der Waals surface area contributed by atoms with Crippen molar-refractivity contribution in [2.24, 2.45) is 11.8 Å². The summed E-state index contributed by atoms with van der Waals surface area (Å²) in [4.78, 5) is 0. The lowest BCUT2D eigenvalue weighted by Gasteiger charge is -2.19. The molecular weight excluding hydrogens is 226 g/mol. The van der Waals surface area contributed by atoms with Crippen molar-refractivity contribution in [3.63, 3.8) is 0 Å². The Hall–Kier alpha value is -1.06. The molecule has 0 amide bonds. The molecular formula is C15H23NO2. The van der Waals surface area contributed by atoms with Gasteiger partial charge < -0.3 is 15.5 Å². The molecule has 18 heavy (non-hydrogen) atoms. The number of rotatable bonds is 7. The van der Waals surface area contributed by atoms with E-state index in [0.717, 1.165) is 12.1 Å². The molecule has 2 atom stereocenters. The van der Waals surface area contributed by atoms with Gasteiger partial charge in [-0.2, -0.15) is 0 Å². The van der Waals surface area contributed by atoms with E-state index in [1.165, 1.54) is 0 Å². The molecule has 0 aliphatic rings. The van der Waals surface area contributed by atoms with Crippen molar-refractivity contribution >= 4 is 0 Å². The molecule has 3 N–H and O–H groups in total. The zero-order valence-corrected chi connectivity index (χ0v) is 11.1. The van der Waals surface area contributed by atoms with Crippen LogP contribution in [0.4, 0.5) is 0 Å². The highest BCUT2D eigenvalue weighted by Crippen LogP contribution is 2.15. The van der Waals surface area contributed by atoms with Crippen LogP contribution in [0.5, 0.6) is 5.75 Å². The summed E-state index contributed by atoms with van der Waals surface area (Å²) >= 11 is 0. The minimum Gasteiger partial charge on any atom is -0.508 e. The summed E-state index contributed by atoms with van der Waals surface area (Å²) < 4.78 is 0. The quantitative estimate of drug-likeness (QED) is 0.691. The average Bonchev–Trinajstić information content (AvgIpc) is 2.31. The maximum atomic E-state index is 9.91. The van der Waals surface area contributed by atoms with Crippen molar-refractivity contribution in [3.05, 3.63) is 36.8 Å². The highest BCUT2D eigenvalue weighted by Gasteiger charge is 2.14. The van der Waals surface area contributed by atoms with Gasteiger partial charge in [0.15, 0.2) is 0 Å². The fourth-order valence-corrected chi connectivity index (χ4v) is 1.71. The smallest absolute Gasteiger partial charge is 0.115 e. The summed E-state index contributed by atoms with van der Waals surface area (Å²) in [5.41, 5.74) is 1.02. The molecule has 0 bridgehead atoms. The van der Waals surface area contributed by atoms with E-state index < -0.39 is 6.10 Å². The summed E-state index contributed by atoms with van der Waals surface area (Å²) in [6.45, 7) is 11.6. The lowest BCUT2D eigenvalue weighted by molar-refractivity contribution is 0.126. The number of aliphatic hydroxyl groups excluding tert-OH is 1. The molecule has 1 aromatic carbocycles. The highest BCUT2D eigenvalue weighted by atomic mass is 16.3. The SMILES string of the molecule is [CH]C(Cc1ccc(O)cc1)[C@H](O)CNCC(C)C. The largest absolute Gasteiger partial charge is 0.508 e. The first-order valence-electron chi connectivity index (χ1n) is 6.41. The van der Waals surface area contributed by atoms with Crippen molar-refractivity contribution in [2.75, 3.05) is 13.1 Å². The van der Waals surface area contributed by atoms with Crippen LogP contribution >= 0.6 is 0 Å². The van der Waals surface area contributed by atoms with Crippen molar-refractivity contribution in [1.82, 2.24) is 5.32 Å². The number of nitrogens with one attached hydrogen (secondary N) is 1. The Morgan fingerprint density at radius 1 is 1.17 bits per heavy atom. The average molecular weight is 249 g/mol. The summed E-state index contributed by atoms with van der Waals surface area (Å²) in [5, 5.41) is 22.3. The molecule has 0 saturated carbocycles. The van der Waals surface area contributed by atoms with Crippen LogP contribution in [0, 0.1) is 18.8 Å². The Kier molecular flexibility index (Phi) is 6.16. The highest BCUT2D eigenvalue weighted by molar-refractivity contribution is 5.26. The van der Waals surface area contributed by atoms with Crippen LogP contribution in [0.2, 0.25) is 0 Å². The maximum Gasteiger partial charge on any atom is 0.115 e. The van der Waals surface area contributed by atoms with E-state index in [1.54, 1.807) is 12.1 Å². The Morgan fingerprint density at radius 3 is 2.33 bits per heavy atom. The minimum atomic E-state index is -0.558. The first kappa shape index (κ1) is 15.0. The van der Waals surface area contributed by atoms with Gasteiger partial charge in [0.1, 0.15) is 5.75 Å². The third kappa shape index (κ3) is 5.52. The van der Waals surface area contributed by atoms with E-state index in [-0.39, 0.29) is 11.7 Å². The van der Waals surface area contributed by atoms with Crippen LogP contribution in [-0.2, 0) is 6.42 Å². The van der Waals surface area contributed by atoms with E-state index in [1.807, 2.05) is 12.1 Å². The zero-order chi connectivity index (χ0) is 13.5. The van der Waals surface area contributed by atoms with Crippen molar-refractivity contribution in [2.45, 2.75) is 26.4 Å². The first-order chi connectivity index (χ1) is 8.49. The van der Waals surface area contributed by atoms with Gasteiger partial charge in [-0.05, 0) is 49.4 Å². The predicted molar refractivity (Wildman–Crippen MR) is 73.3 cm³/mol. The van der Waals surface area contributed by atoms with E-state index in [9.17, 15) is 10.2 Å². The second-order valence-electron chi connectivity index (χ2n) is 5.15. The molecule has 0 aromatic heterocycles. The normalized spacial score (nSPS) is 14.7. The van der Waals surface area contributed by atoms with Gasteiger partial charge in [0.05, 0.1) is 6.10 Å².